The monoisotopic (exact) mass is 285 g/mol. The van der Waals surface area contributed by atoms with Crippen LogP contribution in [-0.2, 0) is 16.0 Å². The lowest BCUT2D eigenvalue weighted by atomic mass is 10.2. The summed E-state index contributed by atoms with van der Waals surface area (Å²) in [6, 6.07) is 7.72. The predicted molar refractivity (Wildman–Crippen MR) is 80.2 cm³/mol. The number of aliphatic imine (C=N–C) groups is 1. The van der Waals surface area contributed by atoms with E-state index in [4.69, 9.17) is 5.84 Å². The van der Waals surface area contributed by atoms with Gasteiger partial charge in [-0.3, -0.25) is 4.99 Å². The van der Waals surface area contributed by atoms with Gasteiger partial charge < -0.3 is 10.6 Å². The third-order valence-electron chi connectivity index (χ3n) is 2.77. The number of hydrogen-bond donors (Lipinski definition) is 1. The topological polar surface area (TPSA) is 103 Å². The number of carbonyl (C=O) groups excluding carboxylic acids is 1. The summed E-state index contributed by atoms with van der Waals surface area (Å²) in [6.07, 6.45) is 3.63. The summed E-state index contributed by atoms with van der Waals surface area (Å²) in [5.74, 6) is 4.46. The zero-order valence-electron chi connectivity index (χ0n) is 11.6. The van der Waals surface area contributed by atoms with Gasteiger partial charge in [0.05, 0.1) is 13.3 Å². The second kappa shape index (κ2) is 7.09. The smallest absolute Gasteiger partial charge is 0.360 e. The number of pyridine rings is 2. The zero-order valence-corrected chi connectivity index (χ0v) is 11.6. The lowest BCUT2D eigenvalue weighted by molar-refractivity contribution is -0.132. The molecule has 0 saturated carbocycles. The Morgan fingerprint density at radius 1 is 1.43 bits per heavy atom. The van der Waals surface area contributed by atoms with Gasteiger partial charge in [-0.25, -0.2) is 14.8 Å². The molecule has 0 saturated heterocycles. The van der Waals surface area contributed by atoms with Crippen LogP contribution in [0.2, 0.25) is 0 Å². The molecule has 0 bridgehead atoms. The van der Waals surface area contributed by atoms with E-state index in [-0.39, 0.29) is 5.71 Å². The highest BCUT2D eigenvalue weighted by molar-refractivity contribution is 6.59. The molecule has 0 aliphatic rings. The van der Waals surface area contributed by atoms with Crippen molar-refractivity contribution in [2.24, 2.45) is 15.9 Å². The van der Waals surface area contributed by atoms with Gasteiger partial charge in [0.2, 0.25) is 0 Å². The molecule has 0 aromatic carbocycles. The molecular weight excluding hydrogens is 270 g/mol. The van der Waals surface area contributed by atoms with E-state index in [2.05, 4.69) is 24.8 Å². The first-order valence-electron chi connectivity index (χ1n) is 6.31. The van der Waals surface area contributed by atoms with E-state index in [0.29, 0.717) is 18.6 Å². The van der Waals surface area contributed by atoms with Gasteiger partial charge in [0.15, 0.2) is 11.4 Å². The Hall–Kier alpha value is -2.83. The van der Waals surface area contributed by atoms with E-state index in [1.54, 1.807) is 6.20 Å². The molecule has 0 aliphatic carbocycles. The fourth-order valence-corrected chi connectivity index (χ4v) is 1.70. The lowest BCUT2D eigenvalue weighted by Crippen LogP contribution is -2.19. The summed E-state index contributed by atoms with van der Waals surface area (Å²) in [4.78, 5) is 23.9. The SMILES string of the molecule is COC(=O)C(C=NCCc1ccc2cccnc2n1)=NN. The summed E-state index contributed by atoms with van der Waals surface area (Å²) >= 11 is 0. The molecule has 2 aromatic rings. The van der Waals surface area contributed by atoms with Gasteiger partial charge >= 0.3 is 5.97 Å². The highest BCUT2D eigenvalue weighted by Gasteiger charge is 2.07. The number of nitrogens with zero attached hydrogens (tertiary/aromatic N) is 4. The summed E-state index contributed by atoms with van der Waals surface area (Å²) in [7, 11) is 1.26. The Labute approximate surface area is 121 Å². The van der Waals surface area contributed by atoms with Gasteiger partial charge in [-0.2, -0.15) is 5.10 Å². The first-order valence-corrected chi connectivity index (χ1v) is 6.31. The quantitative estimate of drug-likeness (QED) is 0.377. The first kappa shape index (κ1) is 14.6. The first-order chi connectivity index (χ1) is 10.2. The molecule has 7 nitrogen and oxygen atoms in total. The predicted octanol–water partition coefficient (Wildman–Crippen LogP) is 0.731. The molecule has 0 fully saturated rings. The van der Waals surface area contributed by atoms with Gasteiger partial charge in [0, 0.05) is 30.2 Å². The molecule has 2 rings (SSSR count). The molecule has 108 valence electrons. The third kappa shape index (κ3) is 3.82. The minimum Gasteiger partial charge on any atom is -0.464 e. The lowest BCUT2D eigenvalue weighted by Gasteiger charge is -2.00. The van der Waals surface area contributed by atoms with E-state index in [1.807, 2.05) is 24.3 Å². The normalized spacial score (nSPS) is 12.0. The fraction of sp³-hybridized carbons (Fsp3) is 0.214. The van der Waals surface area contributed by atoms with Gasteiger partial charge in [0.25, 0.3) is 0 Å². The molecule has 0 atom stereocenters. The number of fused-ring (bicyclic) bond motifs is 1. The average molecular weight is 285 g/mol. The molecule has 7 heteroatoms. The minimum absolute atomic E-state index is 0.0226. The standard InChI is InChI=1S/C14H15N5O2/c1-21-14(20)12(19-15)9-16-8-6-11-5-4-10-3-2-7-17-13(10)18-11/h2-5,7,9H,6,8,15H2,1H3. The maximum Gasteiger partial charge on any atom is 0.360 e. The molecule has 21 heavy (non-hydrogen) atoms. The molecule has 2 aromatic heterocycles. The maximum atomic E-state index is 11.2. The number of carbonyl (C=O) groups is 1. The van der Waals surface area contributed by atoms with Crippen molar-refractivity contribution in [3.63, 3.8) is 0 Å². The highest BCUT2D eigenvalue weighted by Crippen LogP contribution is 2.09. The second-order valence-corrected chi connectivity index (χ2v) is 4.14. The van der Waals surface area contributed by atoms with Crippen LogP contribution >= 0.6 is 0 Å². The van der Waals surface area contributed by atoms with Crippen molar-refractivity contribution >= 4 is 28.9 Å². The van der Waals surface area contributed by atoms with Crippen LogP contribution in [0.25, 0.3) is 11.0 Å². The zero-order chi connectivity index (χ0) is 15.1. The minimum atomic E-state index is -0.616. The number of nitrogens with two attached hydrogens (primary N) is 1. The van der Waals surface area contributed by atoms with Crippen LogP contribution in [0, 0.1) is 0 Å². The number of rotatable bonds is 5. The summed E-state index contributed by atoms with van der Waals surface area (Å²) in [6.45, 7) is 0.460. The van der Waals surface area contributed by atoms with Crippen molar-refractivity contribution in [3.05, 3.63) is 36.2 Å². The van der Waals surface area contributed by atoms with E-state index in [0.717, 1.165) is 11.1 Å². The van der Waals surface area contributed by atoms with Crippen LogP contribution < -0.4 is 5.84 Å². The van der Waals surface area contributed by atoms with Crippen molar-refractivity contribution in [1.82, 2.24) is 9.97 Å². The maximum absolute atomic E-state index is 11.2. The second-order valence-electron chi connectivity index (χ2n) is 4.14. The number of esters is 1. The number of hydrogen-bond acceptors (Lipinski definition) is 7. The van der Waals surface area contributed by atoms with Crippen LogP contribution in [0.1, 0.15) is 5.69 Å². The van der Waals surface area contributed by atoms with Crippen LogP contribution in [0.3, 0.4) is 0 Å². The van der Waals surface area contributed by atoms with Gasteiger partial charge in [-0.05, 0) is 24.3 Å². The Balaban J connectivity index is 1.97. The largest absolute Gasteiger partial charge is 0.464 e. The van der Waals surface area contributed by atoms with Crippen LogP contribution in [0.4, 0.5) is 0 Å². The van der Waals surface area contributed by atoms with Crippen molar-refractivity contribution in [1.29, 1.82) is 0 Å². The number of methoxy groups -OCH3 is 1. The molecule has 0 spiro atoms. The fourth-order valence-electron chi connectivity index (χ4n) is 1.70. The molecule has 0 radical (unpaired) electrons. The molecule has 0 amide bonds. The average Bonchev–Trinajstić information content (AvgIpc) is 2.54. The molecule has 2 N–H and O–H groups in total. The van der Waals surface area contributed by atoms with Crippen molar-refractivity contribution < 1.29 is 9.53 Å². The Bertz CT molecular complexity index is 697. The van der Waals surface area contributed by atoms with E-state index < -0.39 is 5.97 Å². The molecular formula is C14H15N5O2. The summed E-state index contributed by atoms with van der Waals surface area (Å²) in [5, 5.41) is 4.30. The highest BCUT2D eigenvalue weighted by atomic mass is 16.5. The van der Waals surface area contributed by atoms with Gasteiger partial charge in [-0.1, -0.05) is 0 Å². The molecule has 2 heterocycles. The van der Waals surface area contributed by atoms with E-state index >= 15 is 0 Å². The summed E-state index contributed by atoms with van der Waals surface area (Å²) in [5.41, 5.74) is 1.56. The summed E-state index contributed by atoms with van der Waals surface area (Å²) < 4.78 is 4.51. The van der Waals surface area contributed by atoms with Crippen LogP contribution in [0.5, 0.6) is 0 Å². The van der Waals surface area contributed by atoms with Gasteiger partial charge in [0.1, 0.15) is 0 Å². The Kier molecular flexibility index (Phi) is 4.92. The van der Waals surface area contributed by atoms with Crippen molar-refractivity contribution in [3.8, 4) is 0 Å². The Morgan fingerprint density at radius 2 is 2.29 bits per heavy atom. The van der Waals surface area contributed by atoms with Crippen LogP contribution in [0.15, 0.2) is 40.6 Å². The molecule has 0 unspecified atom stereocenters. The van der Waals surface area contributed by atoms with Crippen molar-refractivity contribution in [2.45, 2.75) is 6.42 Å². The van der Waals surface area contributed by atoms with Crippen molar-refractivity contribution in [2.75, 3.05) is 13.7 Å². The van der Waals surface area contributed by atoms with E-state index in [1.165, 1.54) is 13.3 Å². The number of aromatic nitrogens is 2. The Morgan fingerprint density at radius 3 is 3.05 bits per heavy atom. The molecule has 0 aliphatic heterocycles. The third-order valence-corrected chi connectivity index (χ3v) is 2.77. The van der Waals surface area contributed by atoms with Crippen LogP contribution in [-0.4, -0.2) is 41.5 Å². The number of ether oxygens (including phenoxy) is 1. The number of hydrazone groups is 1. The van der Waals surface area contributed by atoms with E-state index in [9.17, 15) is 4.79 Å². The van der Waals surface area contributed by atoms with Gasteiger partial charge in [-0.15, -0.1) is 0 Å².